The summed E-state index contributed by atoms with van der Waals surface area (Å²) in [5, 5.41) is 3.32. The van der Waals surface area contributed by atoms with Gasteiger partial charge in [-0.25, -0.2) is 0 Å². The Bertz CT molecular complexity index is 219. The number of likely N-dealkylation sites (N-methyl/N-ethyl adjacent to an activating group) is 1. The monoisotopic (exact) mass is 254 g/mol. The van der Waals surface area contributed by atoms with Crippen LogP contribution in [0.5, 0.6) is 0 Å². The third kappa shape index (κ3) is 6.85. The van der Waals surface area contributed by atoms with Crippen molar-refractivity contribution >= 4 is 0 Å². The van der Waals surface area contributed by atoms with Crippen molar-refractivity contribution < 1.29 is 17.9 Å². The highest BCUT2D eigenvalue weighted by molar-refractivity contribution is 4.83. The van der Waals surface area contributed by atoms with Crippen molar-refractivity contribution in [3.63, 3.8) is 0 Å². The van der Waals surface area contributed by atoms with Crippen LogP contribution in [0, 0.1) is 0 Å². The third-order valence-corrected chi connectivity index (χ3v) is 2.95. The Balaban J connectivity index is 2.27. The molecule has 0 bridgehead atoms. The molecular formula is C11H21F3N2O. The van der Waals surface area contributed by atoms with E-state index in [4.69, 9.17) is 4.74 Å². The molecule has 1 unspecified atom stereocenters. The summed E-state index contributed by atoms with van der Waals surface area (Å²) in [6, 6.07) is 0.563. The van der Waals surface area contributed by atoms with E-state index in [1.807, 2.05) is 0 Å². The number of alkyl halides is 3. The first kappa shape index (κ1) is 14.7. The molecule has 1 N–H and O–H groups in total. The van der Waals surface area contributed by atoms with Crippen LogP contribution in [-0.4, -0.2) is 57.0 Å². The maximum atomic E-state index is 12.1. The van der Waals surface area contributed by atoms with Crippen molar-refractivity contribution in [3.05, 3.63) is 0 Å². The minimum absolute atomic E-state index is 0.00273. The fourth-order valence-corrected chi connectivity index (χ4v) is 1.61. The maximum Gasteiger partial charge on any atom is 0.390 e. The van der Waals surface area contributed by atoms with Crippen LogP contribution in [0.15, 0.2) is 0 Å². The van der Waals surface area contributed by atoms with Gasteiger partial charge in [0.15, 0.2) is 0 Å². The Morgan fingerprint density at radius 1 is 1.41 bits per heavy atom. The summed E-state index contributed by atoms with van der Waals surface area (Å²) < 4.78 is 41.4. The molecule has 0 saturated heterocycles. The first-order valence-electron chi connectivity index (χ1n) is 5.91. The number of methoxy groups -OCH3 is 1. The Hall–Kier alpha value is -0.330. The Morgan fingerprint density at radius 2 is 2.06 bits per heavy atom. The van der Waals surface area contributed by atoms with Crippen LogP contribution in [0.2, 0.25) is 0 Å². The van der Waals surface area contributed by atoms with Crippen LogP contribution in [0.1, 0.15) is 19.3 Å². The first-order chi connectivity index (χ1) is 7.92. The molecule has 1 aliphatic rings. The van der Waals surface area contributed by atoms with E-state index < -0.39 is 12.6 Å². The number of nitrogens with one attached hydrogen (secondary N) is 1. The average Bonchev–Trinajstić information content (AvgIpc) is 3.03. The summed E-state index contributed by atoms with van der Waals surface area (Å²) in [6.07, 6.45) is -2.51. The number of halogens is 3. The molecule has 0 amide bonds. The lowest BCUT2D eigenvalue weighted by Crippen LogP contribution is -2.44. The average molecular weight is 254 g/mol. The zero-order valence-corrected chi connectivity index (χ0v) is 10.4. The van der Waals surface area contributed by atoms with E-state index in [0.717, 1.165) is 0 Å². The van der Waals surface area contributed by atoms with E-state index in [0.29, 0.717) is 19.2 Å². The number of ether oxygens (including phenoxy) is 1. The third-order valence-electron chi connectivity index (χ3n) is 2.95. The Morgan fingerprint density at radius 3 is 2.53 bits per heavy atom. The van der Waals surface area contributed by atoms with E-state index in [-0.39, 0.29) is 12.6 Å². The molecule has 0 radical (unpaired) electrons. The van der Waals surface area contributed by atoms with Gasteiger partial charge in [-0.3, -0.25) is 4.90 Å². The van der Waals surface area contributed by atoms with Crippen molar-refractivity contribution in [2.45, 2.75) is 37.5 Å². The quantitative estimate of drug-likeness (QED) is 0.712. The first-order valence-corrected chi connectivity index (χ1v) is 5.91. The fourth-order valence-electron chi connectivity index (χ4n) is 1.61. The molecule has 102 valence electrons. The van der Waals surface area contributed by atoms with Gasteiger partial charge in [0.25, 0.3) is 0 Å². The second kappa shape index (κ2) is 6.56. The second-order valence-electron chi connectivity index (χ2n) is 4.64. The summed E-state index contributed by atoms with van der Waals surface area (Å²) in [4.78, 5) is 1.71. The number of nitrogens with zero attached hydrogens (tertiary/aromatic N) is 1. The van der Waals surface area contributed by atoms with Crippen LogP contribution in [0.4, 0.5) is 13.2 Å². The predicted octanol–water partition coefficient (Wildman–Crippen LogP) is 1.64. The van der Waals surface area contributed by atoms with E-state index in [2.05, 4.69) is 5.32 Å². The smallest absolute Gasteiger partial charge is 0.383 e. The standard InChI is InChI=1S/C11H21F3N2O/c1-16(6-5-11(12,13)14)10(8-17-2)7-15-9-3-4-9/h9-10,15H,3-8H2,1-2H3. The fraction of sp³-hybridized carbons (Fsp3) is 1.00. The highest BCUT2D eigenvalue weighted by Gasteiger charge is 2.29. The predicted molar refractivity (Wildman–Crippen MR) is 60.0 cm³/mol. The molecule has 1 atom stereocenters. The summed E-state index contributed by atoms with van der Waals surface area (Å²) in [5.41, 5.74) is 0. The maximum absolute atomic E-state index is 12.1. The van der Waals surface area contributed by atoms with E-state index in [1.165, 1.54) is 12.8 Å². The van der Waals surface area contributed by atoms with Gasteiger partial charge in [0.05, 0.1) is 13.0 Å². The topological polar surface area (TPSA) is 24.5 Å². The van der Waals surface area contributed by atoms with Gasteiger partial charge in [-0.05, 0) is 19.9 Å². The zero-order chi connectivity index (χ0) is 12.9. The lowest BCUT2D eigenvalue weighted by atomic mass is 10.2. The molecule has 3 nitrogen and oxygen atoms in total. The van der Waals surface area contributed by atoms with Crippen LogP contribution in [0.3, 0.4) is 0 Å². The molecule has 0 aromatic carbocycles. The Kier molecular flexibility index (Phi) is 5.69. The van der Waals surface area contributed by atoms with Gasteiger partial charge >= 0.3 is 6.18 Å². The molecular weight excluding hydrogens is 233 g/mol. The normalized spacial score (nSPS) is 18.7. The number of rotatable bonds is 8. The van der Waals surface area contributed by atoms with Crippen molar-refractivity contribution in [3.8, 4) is 0 Å². The molecule has 0 aliphatic heterocycles. The molecule has 1 saturated carbocycles. The van der Waals surface area contributed by atoms with Crippen LogP contribution < -0.4 is 5.32 Å². The molecule has 17 heavy (non-hydrogen) atoms. The molecule has 0 aromatic rings. The van der Waals surface area contributed by atoms with Crippen molar-refractivity contribution in [1.29, 1.82) is 0 Å². The number of hydrogen-bond donors (Lipinski definition) is 1. The van der Waals surface area contributed by atoms with Gasteiger partial charge in [-0.2, -0.15) is 13.2 Å². The molecule has 1 aliphatic carbocycles. The highest BCUT2D eigenvalue weighted by atomic mass is 19.4. The SMILES string of the molecule is COCC(CNC1CC1)N(C)CCC(F)(F)F. The molecule has 1 rings (SSSR count). The highest BCUT2D eigenvalue weighted by Crippen LogP contribution is 2.21. The van der Waals surface area contributed by atoms with Gasteiger partial charge in [-0.1, -0.05) is 0 Å². The molecule has 0 spiro atoms. The molecule has 0 aromatic heterocycles. The van der Waals surface area contributed by atoms with E-state index in [9.17, 15) is 13.2 Å². The van der Waals surface area contributed by atoms with Crippen LogP contribution >= 0.6 is 0 Å². The van der Waals surface area contributed by atoms with Crippen LogP contribution in [0.25, 0.3) is 0 Å². The lowest BCUT2D eigenvalue weighted by Gasteiger charge is -2.28. The summed E-state index contributed by atoms with van der Waals surface area (Å²) >= 11 is 0. The summed E-state index contributed by atoms with van der Waals surface area (Å²) in [5.74, 6) is 0. The zero-order valence-electron chi connectivity index (χ0n) is 10.4. The van der Waals surface area contributed by atoms with Crippen molar-refractivity contribution in [2.75, 3.05) is 33.9 Å². The summed E-state index contributed by atoms with van der Waals surface area (Å²) in [6.45, 7) is 1.16. The molecule has 0 heterocycles. The second-order valence-corrected chi connectivity index (χ2v) is 4.64. The van der Waals surface area contributed by atoms with Crippen molar-refractivity contribution in [2.24, 2.45) is 0 Å². The van der Waals surface area contributed by atoms with Gasteiger partial charge in [0.2, 0.25) is 0 Å². The molecule has 6 heteroatoms. The minimum Gasteiger partial charge on any atom is -0.383 e. The molecule has 1 fully saturated rings. The van der Waals surface area contributed by atoms with E-state index in [1.54, 1.807) is 19.1 Å². The van der Waals surface area contributed by atoms with Gasteiger partial charge in [-0.15, -0.1) is 0 Å². The van der Waals surface area contributed by atoms with Gasteiger partial charge in [0.1, 0.15) is 0 Å². The number of hydrogen-bond acceptors (Lipinski definition) is 3. The van der Waals surface area contributed by atoms with Crippen LogP contribution in [-0.2, 0) is 4.74 Å². The summed E-state index contributed by atoms with van der Waals surface area (Å²) in [7, 11) is 3.28. The van der Waals surface area contributed by atoms with Crippen molar-refractivity contribution in [1.82, 2.24) is 10.2 Å². The minimum atomic E-state index is -4.09. The largest absolute Gasteiger partial charge is 0.390 e. The lowest BCUT2D eigenvalue weighted by molar-refractivity contribution is -0.138. The van der Waals surface area contributed by atoms with Gasteiger partial charge in [0, 0.05) is 32.3 Å². The Labute approximate surface area is 100 Å². The van der Waals surface area contributed by atoms with Gasteiger partial charge < -0.3 is 10.1 Å². The van der Waals surface area contributed by atoms with E-state index >= 15 is 0 Å².